The predicted octanol–water partition coefficient (Wildman–Crippen LogP) is 4.80. The fourth-order valence-electron chi connectivity index (χ4n) is 2.10. The topological polar surface area (TPSA) is 44.5 Å². The first kappa shape index (κ1) is 16.7. The number of nitrogens with two attached hydrogens (primary N) is 1. The minimum Gasteiger partial charge on any atom is -0.491 e. The van der Waals surface area contributed by atoms with E-state index in [1.165, 1.54) is 25.7 Å². The molecule has 1 atom stereocenters. The van der Waals surface area contributed by atoms with Crippen LogP contribution in [0.1, 0.15) is 59.3 Å². The van der Waals surface area contributed by atoms with Gasteiger partial charge >= 0.3 is 0 Å². The lowest BCUT2D eigenvalue weighted by Crippen LogP contribution is -2.13. The third-order valence-electron chi connectivity index (χ3n) is 3.28. The highest BCUT2D eigenvalue weighted by atomic mass is 16.5. The van der Waals surface area contributed by atoms with Crippen molar-refractivity contribution in [2.45, 2.75) is 65.4 Å². The molecule has 0 heterocycles. The summed E-state index contributed by atoms with van der Waals surface area (Å²) in [4.78, 5) is 0. The molecule has 1 unspecified atom stereocenters. The van der Waals surface area contributed by atoms with E-state index in [0.717, 1.165) is 24.3 Å². The van der Waals surface area contributed by atoms with Gasteiger partial charge in [0, 0.05) is 0 Å². The molecule has 0 aromatic heterocycles. The average Bonchev–Trinajstić information content (AvgIpc) is 2.44. The Kier molecular flexibility index (Phi) is 7.93. The van der Waals surface area contributed by atoms with Crippen LogP contribution in [-0.4, -0.2) is 12.7 Å². The van der Waals surface area contributed by atoms with Crippen LogP contribution in [0.2, 0.25) is 0 Å². The van der Waals surface area contributed by atoms with E-state index in [4.69, 9.17) is 15.2 Å². The van der Waals surface area contributed by atoms with Crippen molar-refractivity contribution in [3.8, 4) is 11.5 Å². The molecule has 3 heteroatoms. The molecule has 0 spiro atoms. The molecule has 0 saturated heterocycles. The van der Waals surface area contributed by atoms with Gasteiger partial charge in [0.05, 0.1) is 12.7 Å². The van der Waals surface area contributed by atoms with E-state index >= 15 is 0 Å². The Hall–Kier alpha value is -1.38. The van der Waals surface area contributed by atoms with Crippen molar-refractivity contribution in [1.29, 1.82) is 0 Å². The van der Waals surface area contributed by atoms with Gasteiger partial charge in [-0.3, -0.25) is 0 Å². The second kappa shape index (κ2) is 9.51. The van der Waals surface area contributed by atoms with Crippen molar-refractivity contribution in [3.63, 3.8) is 0 Å². The number of hydrogen-bond acceptors (Lipinski definition) is 3. The van der Waals surface area contributed by atoms with Crippen LogP contribution in [0.25, 0.3) is 0 Å². The van der Waals surface area contributed by atoms with Gasteiger partial charge in [-0.2, -0.15) is 0 Å². The van der Waals surface area contributed by atoms with Crippen molar-refractivity contribution in [2.24, 2.45) is 0 Å². The van der Waals surface area contributed by atoms with Gasteiger partial charge in [-0.15, -0.1) is 0 Å². The molecule has 0 aliphatic rings. The number of unbranched alkanes of at least 4 members (excludes halogenated alkanes) is 3. The highest BCUT2D eigenvalue weighted by molar-refractivity contribution is 5.62. The molecule has 0 aliphatic heterocycles. The smallest absolute Gasteiger partial charge is 0.146 e. The lowest BCUT2D eigenvalue weighted by Gasteiger charge is -2.17. The molecule has 20 heavy (non-hydrogen) atoms. The van der Waals surface area contributed by atoms with Gasteiger partial charge < -0.3 is 15.2 Å². The van der Waals surface area contributed by atoms with Gasteiger partial charge in [0.25, 0.3) is 0 Å². The Morgan fingerprint density at radius 3 is 2.50 bits per heavy atom. The largest absolute Gasteiger partial charge is 0.491 e. The van der Waals surface area contributed by atoms with Crippen molar-refractivity contribution in [3.05, 3.63) is 18.2 Å². The second-order valence-electron chi connectivity index (χ2n) is 5.29. The van der Waals surface area contributed by atoms with Gasteiger partial charge in [-0.1, -0.05) is 39.2 Å². The maximum atomic E-state index is 6.10. The second-order valence-corrected chi connectivity index (χ2v) is 5.29. The van der Waals surface area contributed by atoms with Gasteiger partial charge in [-0.05, 0) is 38.3 Å². The Labute approximate surface area is 123 Å². The molecule has 1 rings (SSSR count). The third kappa shape index (κ3) is 5.72. The van der Waals surface area contributed by atoms with Crippen molar-refractivity contribution in [2.75, 3.05) is 12.3 Å². The average molecular weight is 279 g/mol. The molecular formula is C17H29NO2. The van der Waals surface area contributed by atoms with Crippen LogP contribution in [0.4, 0.5) is 5.69 Å². The quantitative estimate of drug-likeness (QED) is 0.494. The molecule has 1 aromatic rings. The Morgan fingerprint density at radius 1 is 1.05 bits per heavy atom. The van der Waals surface area contributed by atoms with Crippen molar-refractivity contribution >= 4 is 5.69 Å². The van der Waals surface area contributed by atoms with E-state index in [2.05, 4.69) is 20.8 Å². The lowest BCUT2D eigenvalue weighted by atomic mass is 10.1. The summed E-state index contributed by atoms with van der Waals surface area (Å²) in [5.41, 5.74) is 6.71. The number of anilines is 1. The van der Waals surface area contributed by atoms with Gasteiger partial charge in [0.15, 0.2) is 0 Å². The number of para-hydroxylation sites is 1. The highest BCUT2D eigenvalue weighted by Gasteiger charge is 2.10. The first-order valence-electron chi connectivity index (χ1n) is 7.87. The molecule has 1 aromatic carbocycles. The summed E-state index contributed by atoms with van der Waals surface area (Å²) in [5, 5.41) is 0. The van der Waals surface area contributed by atoms with Crippen LogP contribution < -0.4 is 15.2 Å². The van der Waals surface area contributed by atoms with E-state index in [1.54, 1.807) is 0 Å². The van der Waals surface area contributed by atoms with Gasteiger partial charge in [0.1, 0.15) is 17.2 Å². The molecule has 0 saturated carbocycles. The Bertz CT molecular complexity index is 379. The zero-order valence-electron chi connectivity index (χ0n) is 13.2. The number of benzene rings is 1. The molecule has 0 bridgehead atoms. The van der Waals surface area contributed by atoms with Crippen LogP contribution in [-0.2, 0) is 0 Å². The molecule has 0 fully saturated rings. The fraction of sp³-hybridized carbons (Fsp3) is 0.647. The minimum absolute atomic E-state index is 0.190. The van der Waals surface area contributed by atoms with Crippen molar-refractivity contribution in [1.82, 2.24) is 0 Å². The van der Waals surface area contributed by atoms with Crippen LogP contribution in [0.3, 0.4) is 0 Å². The summed E-state index contributed by atoms with van der Waals surface area (Å²) in [6.45, 7) is 7.09. The van der Waals surface area contributed by atoms with E-state index < -0.39 is 0 Å². The van der Waals surface area contributed by atoms with Crippen LogP contribution >= 0.6 is 0 Å². The maximum absolute atomic E-state index is 6.10. The monoisotopic (exact) mass is 279 g/mol. The molecule has 3 nitrogen and oxygen atoms in total. The molecule has 2 N–H and O–H groups in total. The first-order chi connectivity index (χ1) is 9.69. The van der Waals surface area contributed by atoms with E-state index in [9.17, 15) is 0 Å². The SMILES string of the molecule is CCCCCCC(C)Oc1cccc(OCCC)c1N. The summed E-state index contributed by atoms with van der Waals surface area (Å²) < 4.78 is 11.6. The van der Waals surface area contributed by atoms with Crippen LogP contribution in [0.5, 0.6) is 11.5 Å². The summed E-state index contributed by atoms with van der Waals surface area (Å²) in [6.07, 6.45) is 7.28. The summed E-state index contributed by atoms with van der Waals surface area (Å²) in [5.74, 6) is 1.46. The molecule has 114 valence electrons. The fourth-order valence-corrected chi connectivity index (χ4v) is 2.10. The summed E-state index contributed by atoms with van der Waals surface area (Å²) in [6, 6.07) is 5.74. The Morgan fingerprint density at radius 2 is 1.80 bits per heavy atom. The number of nitrogen functional groups attached to an aromatic ring is 1. The molecule has 0 radical (unpaired) electrons. The van der Waals surface area contributed by atoms with Crippen LogP contribution in [0, 0.1) is 0 Å². The zero-order chi connectivity index (χ0) is 14.8. The lowest BCUT2D eigenvalue weighted by molar-refractivity contribution is 0.206. The standard InChI is InChI=1S/C17H29NO2/c1-4-6-7-8-10-14(3)20-16-12-9-11-15(17(16)18)19-13-5-2/h9,11-12,14H,4-8,10,13,18H2,1-3H3. The predicted molar refractivity (Wildman–Crippen MR) is 85.5 cm³/mol. The zero-order valence-corrected chi connectivity index (χ0v) is 13.2. The van der Waals surface area contributed by atoms with Crippen molar-refractivity contribution < 1.29 is 9.47 Å². The summed E-state index contributed by atoms with van der Waals surface area (Å²) in [7, 11) is 0. The molecule has 0 amide bonds. The number of ether oxygens (including phenoxy) is 2. The Balaban J connectivity index is 2.49. The minimum atomic E-state index is 0.190. The van der Waals surface area contributed by atoms with E-state index in [-0.39, 0.29) is 6.10 Å². The third-order valence-corrected chi connectivity index (χ3v) is 3.28. The first-order valence-corrected chi connectivity index (χ1v) is 7.87. The number of hydrogen-bond donors (Lipinski definition) is 1. The van der Waals surface area contributed by atoms with E-state index in [1.807, 2.05) is 18.2 Å². The maximum Gasteiger partial charge on any atom is 0.146 e. The van der Waals surface area contributed by atoms with Gasteiger partial charge in [-0.25, -0.2) is 0 Å². The summed E-state index contributed by atoms with van der Waals surface area (Å²) >= 11 is 0. The van der Waals surface area contributed by atoms with E-state index in [0.29, 0.717) is 12.3 Å². The normalized spacial score (nSPS) is 12.2. The number of rotatable bonds is 10. The molecule has 0 aliphatic carbocycles. The van der Waals surface area contributed by atoms with Crippen LogP contribution in [0.15, 0.2) is 18.2 Å². The highest BCUT2D eigenvalue weighted by Crippen LogP contribution is 2.32. The molecular weight excluding hydrogens is 250 g/mol. The van der Waals surface area contributed by atoms with Gasteiger partial charge in [0.2, 0.25) is 0 Å².